The quantitative estimate of drug-likeness (QED) is 0.647. The number of carbonyl (C=O) groups excluding carboxylic acids is 2. The summed E-state index contributed by atoms with van der Waals surface area (Å²) in [5.41, 5.74) is 3.07. The highest BCUT2D eigenvalue weighted by Crippen LogP contribution is 2.29. The van der Waals surface area contributed by atoms with Crippen molar-refractivity contribution in [2.24, 2.45) is 0 Å². The fourth-order valence-electron chi connectivity index (χ4n) is 3.55. The van der Waals surface area contributed by atoms with E-state index in [9.17, 15) is 9.59 Å². The Labute approximate surface area is 148 Å². The molecule has 0 unspecified atom stereocenters. The largest absolute Gasteiger partial charge is 0.459 e. The number of amides is 2. The van der Waals surface area contributed by atoms with Gasteiger partial charge in [-0.05, 0) is 45.1 Å². The van der Waals surface area contributed by atoms with Crippen molar-refractivity contribution in [2.75, 3.05) is 0 Å². The predicted molar refractivity (Wildman–Crippen MR) is 95.9 cm³/mol. The van der Waals surface area contributed by atoms with Crippen molar-refractivity contribution in [3.63, 3.8) is 0 Å². The molecule has 1 heterocycles. The Morgan fingerprint density at radius 1 is 1.04 bits per heavy atom. The maximum atomic E-state index is 12.9. The zero-order chi connectivity index (χ0) is 17.8. The Hall–Kier alpha value is -2.30. The molecule has 2 N–H and O–H groups in total. The number of allylic oxidation sites excluding steroid dienone is 1. The summed E-state index contributed by atoms with van der Waals surface area (Å²) in [5, 5.41) is 5.55. The Morgan fingerprint density at radius 3 is 2.32 bits per heavy atom. The summed E-state index contributed by atoms with van der Waals surface area (Å²) in [6, 6.07) is 7.07. The number of hydrogen-bond donors (Lipinski definition) is 2. The van der Waals surface area contributed by atoms with Crippen molar-refractivity contribution in [1.29, 1.82) is 0 Å². The summed E-state index contributed by atoms with van der Waals surface area (Å²) in [5.74, 6) is -0.331. The zero-order valence-corrected chi connectivity index (χ0v) is 14.9. The zero-order valence-electron chi connectivity index (χ0n) is 14.9. The second kappa shape index (κ2) is 7.72. The molecule has 1 aliphatic carbocycles. The lowest BCUT2D eigenvalue weighted by molar-refractivity contribution is -0.145. The van der Waals surface area contributed by atoms with Gasteiger partial charge in [0.05, 0.1) is 11.6 Å². The predicted octanol–water partition coefficient (Wildman–Crippen LogP) is 3.89. The number of esters is 1. The molecule has 2 aliphatic rings. The second-order valence-corrected chi connectivity index (χ2v) is 7.00. The van der Waals surface area contributed by atoms with E-state index in [-0.39, 0.29) is 18.1 Å². The molecular formula is C20H26N2O3. The van der Waals surface area contributed by atoms with Crippen LogP contribution in [0.25, 0.3) is 0 Å². The van der Waals surface area contributed by atoms with Crippen LogP contribution in [-0.2, 0) is 9.53 Å². The lowest BCUT2D eigenvalue weighted by atomic mass is 9.95. The molecule has 0 radical (unpaired) electrons. The van der Waals surface area contributed by atoms with E-state index in [1.54, 1.807) is 6.92 Å². The molecule has 0 saturated heterocycles. The third kappa shape index (κ3) is 4.21. The minimum atomic E-state index is -0.479. The number of urea groups is 1. The van der Waals surface area contributed by atoms with E-state index in [0.29, 0.717) is 11.3 Å². The minimum Gasteiger partial charge on any atom is -0.459 e. The van der Waals surface area contributed by atoms with Crippen molar-refractivity contribution < 1.29 is 14.3 Å². The molecule has 0 bridgehead atoms. The highest BCUT2D eigenvalue weighted by Gasteiger charge is 2.33. The van der Waals surface area contributed by atoms with Crippen molar-refractivity contribution in [1.82, 2.24) is 10.6 Å². The number of hydrogen-bond acceptors (Lipinski definition) is 3. The normalized spacial score (nSPS) is 22.0. The van der Waals surface area contributed by atoms with Gasteiger partial charge in [-0.25, -0.2) is 9.59 Å². The van der Waals surface area contributed by atoms with Crippen LogP contribution in [0.15, 0.2) is 35.5 Å². The fraction of sp³-hybridized carbons (Fsp3) is 0.500. The van der Waals surface area contributed by atoms with Gasteiger partial charge in [0.1, 0.15) is 6.10 Å². The van der Waals surface area contributed by atoms with Crippen LogP contribution < -0.4 is 10.6 Å². The van der Waals surface area contributed by atoms with Gasteiger partial charge >= 0.3 is 12.0 Å². The first kappa shape index (κ1) is 17.5. The van der Waals surface area contributed by atoms with Crippen LogP contribution in [0.5, 0.6) is 0 Å². The summed E-state index contributed by atoms with van der Waals surface area (Å²) < 4.78 is 5.80. The monoisotopic (exact) mass is 342 g/mol. The lowest BCUT2D eigenvalue weighted by Gasteiger charge is -2.29. The molecule has 1 aliphatic heterocycles. The van der Waals surface area contributed by atoms with Crippen LogP contribution >= 0.6 is 0 Å². The lowest BCUT2D eigenvalue weighted by Crippen LogP contribution is -2.45. The van der Waals surface area contributed by atoms with E-state index in [2.05, 4.69) is 10.6 Å². The van der Waals surface area contributed by atoms with Gasteiger partial charge < -0.3 is 15.4 Å². The summed E-state index contributed by atoms with van der Waals surface area (Å²) >= 11 is 0. The number of nitrogens with one attached hydrogen (secondary N) is 2. The van der Waals surface area contributed by atoms with Crippen molar-refractivity contribution in [3.8, 4) is 0 Å². The second-order valence-electron chi connectivity index (χ2n) is 7.00. The maximum Gasteiger partial charge on any atom is 0.338 e. The third-order valence-corrected chi connectivity index (χ3v) is 4.98. The molecule has 1 aromatic carbocycles. The highest BCUT2D eigenvalue weighted by atomic mass is 16.5. The van der Waals surface area contributed by atoms with E-state index >= 15 is 0 Å². The van der Waals surface area contributed by atoms with Crippen LogP contribution in [0.3, 0.4) is 0 Å². The van der Waals surface area contributed by atoms with Gasteiger partial charge in [-0.2, -0.15) is 0 Å². The van der Waals surface area contributed by atoms with Gasteiger partial charge in [0.25, 0.3) is 0 Å². The van der Waals surface area contributed by atoms with Gasteiger partial charge in [0.2, 0.25) is 0 Å². The number of ether oxygens (including phenoxy) is 1. The van der Waals surface area contributed by atoms with Gasteiger partial charge in [0, 0.05) is 5.70 Å². The molecule has 0 aromatic heterocycles. The molecule has 1 fully saturated rings. The molecule has 5 heteroatoms. The number of benzene rings is 1. The van der Waals surface area contributed by atoms with Gasteiger partial charge in [-0.15, -0.1) is 0 Å². The van der Waals surface area contributed by atoms with Crippen molar-refractivity contribution in [2.45, 2.75) is 64.5 Å². The fourth-order valence-corrected chi connectivity index (χ4v) is 3.55. The smallest absolute Gasteiger partial charge is 0.338 e. The van der Waals surface area contributed by atoms with E-state index < -0.39 is 6.04 Å². The van der Waals surface area contributed by atoms with E-state index in [4.69, 9.17) is 4.74 Å². The third-order valence-electron chi connectivity index (χ3n) is 4.98. The first-order valence-electron chi connectivity index (χ1n) is 9.10. The van der Waals surface area contributed by atoms with E-state index in [1.165, 1.54) is 12.8 Å². The number of aryl methyl sites for hydroxylation is 1. The molecule has 1 atom stereocenters. The topological polar surface area (TPSA) is 67.4 Å². The SMILES string of the molecule is CC1=C(C(=O)OC2CCCCCC2)[C@@H](c2ccc(C)cc2)NC(=O)N1. The van der Waals surface area contributed by atoms with Crippen LogP contribution in [0, 0.1) is 6.92 Å². The molecule has 5 nitrogen and oxygen atoms in total. The van der Waals surface area contributed by atoms with Crippen LogP contribution in [-0.4, -0.2) is 18.1 Å². The highest BCUT2D eigenvalue weighted by molar-refractivity contribution is 5.95. The summed E-state index contributed by atoms with van der Waals surface area (Å²) in [6.07, 6.45) is 6.45. The molecule has 2 amide bonds. The number of carbonyl (C=O) groups is 2. The van der Waals surface area contributed by atoms with Crippen LogP contribution in [0.2, 0.25) is 0 Å². The molecule has 3 rings (SSSR count). The van der Waals surface area contributed by atoms with Gasteiger partial charge in [-0.1, -0.05) is 42.7 Å². The van der Waals surface area contributed by atoms with Crippen LogP contribution in [0.4, 0.5) is 4.79 Å². The molecular weight excluding hydrogens is 316 g/mol. The Bertz CT molecular complexity index is 671. The molecule has 25 heavy (non-hydrogen) atoms. The van der Waals surface area contributed by atoms with E-state index in [0.717, 1.165) is 36.8 Å². The maximum absolute atomic E-state index is 12.9. The average molecular weight is 342 g/mol. The minimum absolute atomic E-state index is 0.0217. The molecule has 1 saturated carbocycles. The van der Waals surface area contributed by atoms with Crippen LogP contribution in [0.1, 0.15) is 62.6 Å². The number of rotatable bonds is 3. The first-order chi connectivity index (χ1) is 12.0. The Kier molecular flexibility index (Phi) is 5.41. The van der Waals surface area contributed by atoms with Crippen molar-refractivity contribution in [3.05, 3.63) is 46.7 Å². The van der Waals surface area contributed by atoms with E-state index in [1.807, 2.05) is 31.2 Å². The first-order valence-corrected chi connectivity index (χ1v) is 9.10. The summed E-state index contributed by atoms with van der Waals surface area (Å²) in [4.78, 5) is 24.8. The summed E-state index contributed by atoms with van der Waals surface area (Å²) in [6.45, 7) is 3.76. The van der Waals surface area contributed by atoms with Gasteiger partial charge in [0.15, 0.2) is 0 Å². The molecule has 0 spiro atoms. The summed E-state index contributed by atoms with van der Waals surface area (Å²) in [7, 11) is 0. The average Bonchev–Trinajstić information content (AvgIpc) is 2.83. The molecule has 134 valence electrons. The Morgan fingerprint density at radius 2 is 1.68 bits per heavy atom. The standard InChI is InChI=1S/C20H26N2O3/c1-13-9-11-15(12-10-13)18-17(14(2)21-20(24)22-18)19(23)25-16-7-5-3-4-6-8-16/h9-12,16,18H,3-8H2,1-2H3,(H2,21,22,24)/t18-/m1/s1. The van der Waals surface area contributed by atoms with Crippen molar-refractivity contribution >= 4 is 12.0 Å². The van der Waals surface area contributed by atoms with Gasteiger partial charge in [-0.3, -0.25) is 0 Å². The Balaban J connectivity index is 1.83. The molecule has 1 aromatic rings.